The molecule has 0 saturated heterocycles. The van der Waals surface area contributed by atoms with Crippen LogP contribution in [0.4, 0.5) is 0 Å². The number of carbonyl (C=O) groups excluding carboxylic acids is 2. The van der Waals surface area contributed by atoms with Gasteiger partial charge in [0, 0.05) is 11.8 Å². The van der Waals surface area contributed by atoms with Crippen molar-refractivity contribution in [1.82, 2.24) is 0 Å². The molecule has 0 heterocycles. The number of esters is 1. The van der Waals surface area contributed by atoms with Crippen LogP contribution in [0.25, 0.3) is 0 Å². The maximum absolute atomic E-state index is 12.1. The van der Waals surface area contributed by atoms with E-state index in [-0.39, 0.29) is 41.5 Å². The molecule has 2 rings (SSSR count). The summed E-state index contributed by atoms with van der Waals surface area (Å²) in [4.78, 5) is 24.0. The van der Waals surface area contributed by atoms with E-state index >= 15 is 0 Å². The number of fused-ring (bicyclic) bond motifs is 1. The summed E-state index contributed by atoms with van der Waals surface area (Å²) in [7, 11) is 0. The maximum atomic E-state index is 12.1. The lowest BCUT2D eigenvalue weighted by molar-refractivity contribution is -0.158. The Bertz CT molecular complexity index is 424. The third-order valence-electron chi connectivity index (χ3n) is 5.20. The van der Waals surface area contributed by atoms with Crippen LogP contribution in [0.1, 0.15) is 53.4 Å². The first kappa shape index (κ1) is 15.3. The molecule has 0 aromatic heterocycles. The third kappa shape index (κ3) is 2.82. The Morgan fingerprint density at radius 1 is 1.45 bits per heavy atom. The van der Waals surface area contributed by atoms with E-state index in [0.29, 0.717) is 0 Å². The molecule has 0 aromatic rings. The van der Waals surface area contributed by atoms with Crippen LogP contribution in [0.3, 0.4) is 0 Å². The van der Waals surface area contributed by atoms with Gasteiger partial charge >= 0.3 is 5.97 Å². The van der Waals surface area contributed by atoms with Crippen LogP contribution in [0, 0.1) is 23.7 Å². The van der Waals surface area contributed by atoms with Crippen LogP contribution < -0.4 is 0 Å². The molecule has 5 unspecified atom stereocenters. The molecule has 112 valence electrons. The van der Waals surface area contributed by atoms with Gasteiger partial charge in [0.05, 0.1) is 5.92 Å². The lowest BCUT2D eigenvalue weighted by Crippen LogP contribution is -2.42. The van der Waals surface area contributed by atoms with Crippen molar-refractivity contribution in [2.75, 3.05) is 0 Å². The number of allylic oxidation sites excluding steroid dienone is 1. The lowest BCUT2D eigenvalue weighted by atomic mass is 9.66. The van der Waals surface area contributed by atoms with Crippen LogP contribution in [0.2, 0.25) is 0 Å². The third-order valence-corrected chi connectivity index (χ3v) is 5.20. The van der Waals surface area contributed by atoms with Gasteiger partial charge in [0.25, 0.3) is 0 Å². The van der Waals surface area contributed by atoms with Gasteiger partial charge in [-0.1, -0.05) is 33.3 Å². The topological polar surface area (TPSA) is 43.4 Å². The highest BCUT2D eigenvalue weighted by Crippen LogP contribution is 2.43. The van der Waals surface area contributed by atoms with Crippen molar-refractivity contribution in [1.29, 1.82) is 0 Å². The standard InChI is InChI=1S/C17H26O3/c1-5-10(2)17(19)20-15-8-6-7-13-9-14(18)11(3)12(4)16(13)15/h9-12,15-16H,5-8H2,1-4H3. The molecule has 0 N–H and O–H groups in total. The first-order valence-electron chi connectivity index (χ1n) is 7.90. The van der Waals surface area contributed by atoms with E-state index in [2.05, 4.69) is 6.92 Å². The minimum atomic E-state index is -0.0875. The summed E-state index contributed by atoms with van der Waals surface area (Å²) < 4.78 is 5.78. The van der Waals surface area contributed by atoms with Crippen molar-refractivity contribution in [2.45, 2.75) is 59.5 Å². The van der Waals surface area contributed by atoms with Gasteiger partial charge in [0.15, 0.2) is 5.78 Å². The van der Waals surface area contributed by atoms with E-state index in [9.17, 15) is 9.59 Å². The summed E-state index contributed by atoms with van der Waals surface area (Å²) >= 11 is 0. The molecule has 3 nitrogen and oxygen atoms in total. The van der Waals surface area contributed by atoms with Crippen LogP contribution in [0.5, 0.6) is 0 Å². The molecule has 0 spiro atoms. The molecule has 20 heavy (non-hydrogen) atoms. The van der Waals surface area contributed by atoms with Gasteiger partial charge in [-0.3, -0.25) is 9.59 Å². The Hall–Kier alpha value is -1.12. The summed E-state index contributed by atoms with van der Waals surface area (Å²) in [5.41, 5.74) is 1.20. The second-order valence-corrected chi connectivity index (χ2v) is 6.47. The predicted molar refractivity (Wildman–Crippen MR) is 78.1 cm³/mol. The van der Waals surface area contributed by atoms with Crippen LogP contribution >= 0.6 is 0 Å². The summed E-state index contributed by atoms with van der Waals surface area (Å²) in [6, 6.07) is 0. The molecule has 2 aliphatic carbocycles. The van der Waals surface area contributed by atoms with E-state index in [1.165, 1.54) is 5.57 Å². The van der Waals surface area contributed by atoms with Crippen LogP contribution in [-0.4, -0.2) is 17.9 Å². The average Bonchev–Trinajstić information content (AvgIpc) is 2.43. The predicted octanol–water partition coefficient (Wildman–Crippen LogP) is 3.53. The number of ether oxygens (including phenoxy) is 1. The molecule has 3 heteroatoms. The van der Waals surface area contributed by atoms with Crippen molar-refractivity contribution in [3.8, 4) is 0 Å². The van der Waals surface area contributed by atoms with Crippen molar-refractivity contribution >= 4 is 11.8 Å². The second kappa shape index (κ2) is 6.11. The quantitative estimate of drug-likeness (QED) is 0.742. The van der Waals surface area contributed by atoms with E-state index in [1.54, 1.807) is 0 Å². The van der Waals surface area contributed by atoms with Gasteiger partial charge in [-0.2, -0.15) is 0 Å². The molecular formula is C17H26O3. The summed E-state index contributed by atoms with van der Waals surface area (Å²) in [6.45, 7) is 8.03. The molecule has 1 saturated carbocycles. The van der Waals surface area contributed by atoms with Gasteiger partial charge in [-0.15, -0.1) is 0 Å². The Labute approximate surface area is 121 Å². The summed E-state index contributed by atoms with van der Waals surface area (Å²) in [5, 5.41) is 0. The zero-order chi connectivity index (χ0) is 14.9. The molecule has 0 aromatic carbocycles. The highest BCUT2D eigenvalue weighted by Gasteiger charge is 2.42. The first-order valence-corrected chi connectivity index (χ1v) is 7.90. The number of ketones is 1. The molecule has 5 atom stereocenters. The van der Waals surface area contributed by atoms with Crippen LogP contribution in [0.15, 0.2) is 11.6 Å². The normalized spacial score (nSPS) is 35.0. The van der Waals surface area contributed by atoms with Crippen LogP contribution in [-0.2, 0) is 14.3 Å². The zero-order valence-electron chi connectivity index (χ0n) is 13.0. The fourth-order valence-electron chi connectivity index (χ4n) is 3.39. The van der Waals surface area contributed by atoms with Gasteiger partial charge in [-0.25, -0.2) is 0 Å². The van der Waals surface area contributed by atoms with Gasteiger partial charge in [0.1, 0.15) is 6.10 Å². The van der Waals surface area contributed by atoms with E-state index in [0.717, 1.165) is 25.7 Å². The molecule has 2 aliphatic rings. The first-order chi connectivity index (χ1) is 9.45. The SMILES string of the molecule is CCC(C)C(=O)OC1CCCC2=CC(=O)C(C)C(C)C21. The minimum Gasteiger partial charge on any atom is -0.462 e. The van der Waals surface area contributed by atoms with Crippen molar-refractivity contribution < 1.29 is 14.3 Å². The molecule has 0 bridgehead atoms. The van der Waals surface area contributed by atoms with Crippen molar-refractivity contribution in [3.63, 3.8) is 0 Å². The maximum Gasteiger partial charge on any atom is 0.308 e. The number of carbonyl (C=O) groups is 2. The molecule has 0 aliphatic heterocycles. The monoisotopic (exact) mass is 278 g/mol. The highest BCUT2D eigenvalue weighted by molar-refractivity contribution is 5.93. The average molecular weight is 278 g/mol. The lowest BCUT2D eigenvalue weighted by Gasteiger charge is -2.41. The Morgan fingerprint density at radius 2 is 2.15 bits per heavy atom. The molecular weight excluding hydrogens is 252 g/mol. The Morgan fingerprint density at radius 3 is 2.80 bits per heavy atom. The van der Waals surface area contributed by atoms with Gasteiger partial charge in [0.2, 0.25) is 0 Å². The zero-order valence-corrected chi connectivity index (χ0v) is 13.0. The molecule has 0 amide bonds. The van der Waals surface area contributed by atoms with Crippen molar-refractivity contribution in [2.24, 2.45) is 23.7 Å². The minimum absolute atomic E-state index is 0.0339. The van der Waals surface area contributed by atoms with Gasteiger partial charge < -0.3 is 4.74 Å². The van der Waals surface area contributed by atoms with Gasteiger partial charge in [-0.05, 0) is 37.7 Å². The Kier molecular flexibility index (Phi) is 4.66. The van der Waals surface area contributed by atoms with Crippen molar-refractivity contribution in [3.05, 3.63) is 11.6 Å². The summed E-state index contributed by atoms with van der Waals surface area (Å²) in [6.07, 6.45) is 5.50. The van der Waals surface area contributed by atoms with E-state index < -0.39 is 0 Å². The fraction of sp³-hybridized carbons (Fsp3) is 0.765. The fourth-order valence-corrected chi connectivity index (χ4v) is 3.39. The number of hydrogen-bond donors (Lipinski definition) is 0. The highest BCUT2D eigenvalue weighted by atomic mass is 16.5. The number of rotatable bonds is 3. The van der Waals surface area contributed by atoms with E-state index in [1.807, 2.05) is 26.8 Å². The second-order valence-electron chi connectivity index (χ2n) is 6.47. The number of hydrogen-bond acceptors (Lipinski definition) is 3. The smallest absolute Gasteiger partial charge is 0.308 e. The largest absolute Gasteiger partial charge is 0.462 e. The molecule has 1 fully saturated rings. The molecule has 0 radical (unpaired) electrons. The van der Waals surface area contributed by atoms with E-state index in [4.69, 9.17) is 4.74 Å². The Balaban J connectivity index is 2.16. The summed E-state index contributed by atoms with van der Waals surface area (Å²) in [5.74, 6) is 0.643.